The van der Waals surface area contributed by atoms with Gasteiger partial charge in [0.15, 0.2) is 0 Å². The summed E-state index contributed by atoms with van der Waals surface area (Å²) in [5.41, 5.74) is 0.241. The lowest BCUT2D eigenvalue weighted by molar-refractivity contribution is 0.00925. The van der Waals surface area contributed by atoms with E-state index in [2.05, 4.69) is 17.6 Å². The van der Waals surface area contributed by atoms with Crippen LogP contribution in [0.5, 0.6) is 0 Å². The summed E-state index contributed by atoms with van der Waals surface area (Å²) >= 11 is 0. The number of ether oxygens (including phenoxy) is 2. The molecule has 24 heavy (non-hydrogen) atoms. The SMILES string of the molecule is CCC1CC(Nc2ccc(F)c(NC(=O)OC(C)(C)C)c2)CCO1. The van der Waals surface area contributed by atoms with E-state index in [9.17, 15) is 9.18 Å². The van der Waals surface area contributed by atoms with Crippen LogP contribution in [0.1, 0.15) is 47.0 Å². The number of nitrogens with one attached hydrogen (secondary N) is 2. The van der Waals surface area contributed by atoms with Crippen molar-refractivity contribution in [2.75, 3.05) is 17.2 Å². The minimum absolute atomic E-state index is 0.105. The Morgan fingerprint density at radius 2 is 2.17 bits per heavy atom. The first kappa shape index (κ1) is 18.5. The molecule has 134 valence electrons. The van der Waals surface area contributed by atoms with Gasteiger partial charge in [0.1, 0.15) is 11.4 Å². The molecule has 1 aromatic rings. The maximum atomic E-state index is 13.9. The van der Waals surface area contributed by atoms with Crippen LogP contribution in [0.25, 0.3) is 0 Å². The quantitative estimate of drug-likeness (QED) is 0.846. The Morgan fingerprint density at radius 1 is 1.42 bits per heavy atom. The van der Waals surface area contributed by atoms with Gasteiger partial charge in [-0.15, -0.1) is 0 Å². The maximum Gasteiger partial charge on any atom is 0.412 e. The van der Waals surface area contributed by atoms with Crippen molar-refractivity contribution >= 4 is 17.5 Å². The highest BCUT2D eigenvalue weighted by Crippen LogP contribution is 2.24. The van der Waals surface area contributed by atoms with E-state index in [1.165, 1.54) is 6.07 Å². The van der Waals surface area contributed by atoms with Crippen LogP contribution in [0.4, 0.5) is 20.6 Å². The average molecular weight is 338 g/mol. The number of rotatable bonds is 4. The van der Waals surface area contributed by atoms with Crippen molar-refractivity contribution in [1.82, 2.24) is 0 Å². The molecule has 2 unspecified atom stereocenters. The summed E-state index contributed by atoms with van der Waals surface area (Å²) in [5.74, 6) is -0.496. The summed E-state index contributed by atoms with van der Waals surface area (Å²) in [4.78, 5) is 11.8. The molecule has 6 heteroatoms. The summed E-state index contributed by atoms with van der Waals surface area (Å²) in [6, 6.07) is 4.89. The molecule has 1 amide bonds. The number of halogens is 1. The van der Waals surface area contributed by atoms with E-state index < -0.39 is 17.5 Å². The van der Waals surface area contributed by atoms with E-state index in [4.69, 9.17) is 9.47 Å². The minimum Gasteiger partial charge on any atom is -0.444 e. The largest absolute Gasteiger partial charge is 0.444 e. The van der Waals surface area contributed by atoms with Crippen LogP contribution in [0, 0.1) is 5.82 Å². The van der Waals surface area contributed by atoms with Crippen molar-refractivity contribution in [3.8, 4) is 0 Å². The van der Waals surface area contributed by atoms with Crippen LogP contribution in [0.2, 0.25) is 0 Å². The molecule has 0 spiro atoms. The summed E-state index contributed by atoms with van der Waals surface area (Å²) in [6.45, 7) is 8.11. The van der Waals surface area contributed by atoms with Gasteiger partial charge in [-0.05, 0) is 58.2 Å². The van der Waals surface area contributed by atoms with Crippen LogP contribution in [0.15, 0.2) is 18.2 Å². The zero-order valence-electron chi connectivity index (χ0n) is 14.8. The number of carbonyl (C=O) groups is 1. The average Bonchev–Trinajstić information content (AvgIpc) is 2.49. The van der Waals surface area contributed by atoms with Gasteiger partial charge in [-0.2, -0.15) is 0 Å². The van der Waals surface area contributed by atoms with Crippen LogP contribution >= 0.6 is 0 Å². The Bertz CT molecular complexity index is 572. The van der Waals surface area contributed by atoms with Gasteiger partial charge in [0, 0.05) is 18.3 Å². The highest BCUT2D eigenvalue weighted by Gasteiger charge is 2.22. The van der Waals surface area contributed by atoms with E-state index in [1.807, 2.05) is 0 Å². The van der Waals surface area contributed by atoms with Crippen molar-refractivity contribution in [2.24, 2.45) is 0 Å². The Hall–Kier alpha value is -1.82. The van der Waals surface area contributed by atoms with Crippen molar-refractivity contribution in [2.45, 2.75) is 64.7 Å². The second-order valence-electron chi connectivity index (χ2n) is 7.09. The Morgan fingerprint density at radius 3 is 2.83 bits per heavy atom. The van der Waals surface area contributed by atoms with Gasteiger partial charge >= 0.3 is 6.09 Å². The standard InChI is InChI=1S/C18H27FN2O3/c1-5-14-10-13(8-9-23-14)20-12-6-7-15(19)16(11-12)21-17(22)24-18(2,3)4/h6-7,11,13-14,20H,5,8-10H2,1-4H3,(H,21,22). The number of anilines is 2. The Balaban J connectivity index is 2.01. The molecule has 2 atom stereocenters. The van der Waals surface area contributed by atoms with Gasteiger partial charge in [0.2, 0.25) is 0 Å². The van der Waals surface area contributed by atoms with E-state index in [-0.39, 0.29) is 17.8 Å². The predicted octanol–water partition coefficient (Wildman–Crippen LogP) is 4.54. The summed E-state index contributed by atoms with van der Waals surface area (Å²) in [6.07, 6.45) is 2.39. The minimum atomic E-state index is -0.671. The molecule has 5 nitrogen and oxygen atoms in total. The fourth-order valence-corrected chi connectivity index (χ4v) is 2.66. The van der Waals surface area contributed by atoms with Gasteiger partial charge in [0.25, 0.3) is 0 Å². The lowest BCUT2D eigenvalue weighted by Crippen LogP contribution is -2.33. The lowest BCUT2D eigenvalue weighted by atomic mass is 10.0. The number of amides is 1. The van der Waals surface area contributed by atoms with Gasteiger partial charge in [-0.3, -0.25) is 5.32 Å². The van der Waals surface area contributed by atoms with Crippen molar-refractivity contribution < 1.29 is 18.7 Å². The van der Waals surface area contributed by atoms with Gasteiger partial charge in [0.05, 0.1) is 11.8 Å². The molecule has 2 N–H and O–H groups in total. The van der Waals surface area contributed by atoms with E-state index in [1.54, 1.807) is 32.9 Å². The molecule has 0 aromatic heterocycles. The summed E-state index contributed by atoms with van der Waals surface area (Å²) < 4.78 is 24.8. The van der Waals surface area contributed by atoms with Gasteiger partial charge < -0.3 is 14.8 Å². The summed E-state index contributed by atoms with van der Waals surface area (Å²) in [7, 11) is 0. The molecule has 0 bridgehead atoms. The first-order valence-electron chi connectivity index (χ1n) is 8.44. The third kappa shape index (κ3) is 5.67. The van der Waals surface area contributed by atoms with Crippen molar-refractivity contribution in [1.29, 1.82) is 0 Å². The molecule has 0 saturated carbocycles. The molecule has 1 aliphatic heterocycles. The van der Waals surface area contributed by atoms with E-state index in [0.717, 1.165) is 31.6 Å². The lowest BCUT2D eigenvalue weighted by Gasteiger charge is -2.30. The number of hydrogen-bond acceptors (Lipinski definition) is 4. The third-order valence-electron chi connectivity index (χ3n) is 3.80. The molecule has 1 heterocycles. The highest BCUT2D eigenvalue weighted by molar-refractivity contribution is 5.85. The van der Waals surface area contributed by atoms with Crippen molar-refractivity contribution in [3.63, 3.8) is 0 Å². The smallest absolute Gasteiger partial charge is 0.412 e. The van der Waals surface area contributed by atoms with Gasteiger partial charge in [-0.1, -0.05) is 6.92 Å². The molecule has 1 saturated heterocycles. The van der Waals surface area contributed by atoms with Gasteiger partial charge in [-0.25, -0.2) is 9.18 Å². The molecule has 1 fully saturated rings. The molecule has 2 rings (SSSR count). The monoisotopic (exact) mass is 338 g/mol. The maximum absolute atomic E-state index is 13.9. The number of hydrogen-bond donors (Lipinski definition) is 2. The third-order valence-corrected chi connectivity index (χ3v) is 3.80. The van der Waals surface area contributed by atoms with Crippen LogP contribution in [-0.4, -0.2) is 30.4 Å². The second kappa shape index (κ2) is 7.83. The van der Waals surface area contributed by atoms with E-state index >= 15 is 0 Å². The fourth-order valence-electron chi connectivity index (χ4n) is 2.66. The van der Waals surface area contributed by atoms with Crippen LogP contribution in [0.3, 0.4) is 0 Å². The highest BCUT2D eigenvalue weighted by atomic mass is 19.1. The Kier molecular flexibility index (Phi) is 6.04. The normalized spacial score (nSPS) is 21.2. The zero-order chi connectivity index (χ0) is 17.7. The predicted molar refractivity (Wildman–Crippen MR) is 92.9 cm³/mol. The number of carbonyl (C=O) groups excluding carboxylic acids is 1. The molecule has 1 aromatic carbocycles. The second-order valence-corrected chi connectivity index (χ2v) is 7.09. The number of benzene rings is 1. The molecule has 0 radical (unpaired) electrons. The topological polar surface area (TPSA) is 59.6 Å². The molecule has 1 aliphatic rings. The molecule has 0 aliphatic carbocycles. The van der Waals surface area contributed by atoms with Crippen LogP contribution in [-0.2, 0) is 9.47 Å². The molecular formula is C18H27FN2O3. The van der Waals surface area contributed by atoms with Crippen molar-refractivity contribution in [3.05, 3.63) is 24.0 Å². The molecular weight excluding hydrogens is 311 g/mol. The fraction of sp³-hybridized carbons (Fsp3) is 0.611. The van der Waals surface area contributed by atoms with Crippen LogP contribution < -0.4 is 10.6 Å². The van der Waals surface area contributed by atoms with E-state index in [0.29, 0.717) is 0 Å². The first-order valence-corrected chi connectivity index (χ1v) is 8.44. The Labute approximate surface area is 142 Å². The zero-order valence-corrected chi connectivity index (χ0v) is 14.8. The summed E-state index contributed by atoms with van der Waals surface area (Å²) in [5, 5.41) is 5.86. The first-order chi connectivity index (χ1) is 11.3.